The zero-order chi connectivity index (χ0) is 13.5. The lowest BCUT2D eigenvalue weighted by molar-refractivity contribution is -0.139. The van der Waals surface area contributed by atoms with Gasteiger partial charge >= 0.3 is 5.97 Å². The van der Waals surface area contributed by atoms with E-state index in [1.165, 1.54) is 12.3 Å². The third kappa shape index (κ3) is 4.20. The van der Waals surface area contributed by atoms with Gasteiger partial charge in [-0.3, -0.25) is 14.6 Å². The number of aromatic nitrogens is 1. The van der Waals surface area contributed by atoms with Crippen LogP contribution in [0.25, 0.3) is 0 Å². The van der Waals surface area contributed by atoms with Gasteiger partial charge in [-0.2, -0.15) is 0 Å². The Morgan fingerprint density at radius 1 is 1.39 bits per heavy atom. The van der Waals surface area contributed by atoms with Gasteiger partial charge in [-0.1, -0.05) is 6.07 Å². The molecule has 0 aliphatic rings. The lowest BCUT2D eigenvalue weighted by atomic mass is 10.1. The Morgan fingerprint density at radius 3 is 2.61 bits per heavy atom. The second-order valence-electron chi connectivity index (χ2n) is 3.58. The smallest absolute Gasteiger partial charge is 0.326 e. The molecule has 7 nitrogen and oxygen atoms in total. The van der Waals surface area contributed by atoms with Crippen molar-refractivity contribution in [3.05, 3.63) is 30.1 Å². The van der Waals surface area contributed by atoms with Crippen LogP contribution in [0.5, 0.6) is 0 Å². The molecule has 1 rings (SSSR count). The van der Waals surface area contributed by atoms with Gasteiger partial charge in [-0.25, -0.2) is 4.79 Å². The molecule has 0 unspecified atom stereocenters. The highest BCUT2D eigenvalue weighted by Crippen LogP contribution is 2.00. The van der Waals surface area contributed by atoms with E-state index in [0.29, 0.717) is 0 Å². The number of amides is 2. The molecule has 1 heterocycles. The molecule has 0 spiro atoms. The Bertz CT molecular complexity index is 447. The Morgan fingerprint density at radius 2 is 2.11 bits per heavy atom. The number of pyridine rings is 1. The SMILES string of the molecule is NC(=O)CC[C@H](NC(=O)c1ccccn1)C(=O)O. The minimum atomic E-state index is -1.22. The van der Waals surface area contributed by atoms with Gasteiger partial charge in [-0.05, 0) is 18.6 Å². The van der Waals surface area contributed by atoms with Crippen molar-refractivity contribution in [3.8, 4) is 0 Å². The van der Waals surface area contributed by atoms with E-state index < -0.39 is 23.8 Å². The largest absolute Gasteiger partial charge is 0.480 e. The van der Waals surface area contributed by atoms with Gasteiger partial charge in [0.05, 0.1) is 0 Å². The van der Waals surface area contributed by atoms with E-state index in [-0.39, 0.29) is 18.5 Å². The van der Waals surface area contributed by atoms with E-state index in [4.69, 9.17) is 10.8 Å². The van der Waals surface area contributed by atoms with E-state index in [1.54, 1.807) is 12.1 Å². The molecule has 0 fully saturated rings. The molecule has 18 heavy (non-hydrogen) atoms. The third-order valence-electron chi connectivity index (χ3n) is 2.18. The summed E-state index contributed by atoms with van der Waals surface area (Å²) in [5, 5.41) is 11.2. The maximum absolute atomic E-state index is 11.7. The van der Waals surface area contributed by atoms with Crippen molar-refractivity contribution in [1.82, 2.24) is 10.3 Å². The normalized spacial score (nSPS) is 11.6. The molecular weight excluding hydrogens is 238 g/mol. The molecule has 0 radical (unpaired) electrons. The maximum Gasteiger partial charge on any atom is 0.326 e. The number of hydrogen-bond donors (Lipinski definition) is 3. The van der Waals surface area contributed by atoms with Gasteiger partial charge in [-0.15, -0.1) is 0 Å². The Balaban J connectivity index is 2.64. The predicted octanol–water partition coefficient (Wildman–Crippen LogP) is -0.470. The summed E-state index contributed by atoms with van der Waals surface area (Å²) >= 11 is 0. The van der Waals surface area contributed by atoms with Crippen LogP contribution in [0.2, 0.25) is 0 Å². The van der Waals surface area contributed by atoms with Crippen LogP contribution in [0.3, 0.4) is 0 Å². The van der Waals surface area contributed by atoms with Crippen LogP contribution < -0.4 is 11.1 Å². The number of carbonyl (C=O) groups excluding carboxylic acids is 2. The number of primary amides is 1. The number of nitrogens with two attached hydrogens (primary N) is 1. The zero-order valence-electron chi connectivity index (χ0n) is 9.50. The third-order valence-corrected chi connectivity index (χ3v) is 2.18. The lowest BCUT2D eigenvalue weighted by Gasteiger charge is -2.13. The van der Waals surface area contributed by atoms with Crippen molar-refractivity contribution in [2.75, 3.05) is 0 Å². The fourth-order valence-corrected chi connectivity index (χ4v) is 1.27. The molecule has 96 valence electrons. The lowest BCUT2D eigenvalue weighted by Crippen LogP contribution is -2.41. The van der Waals surface area contributed by atoms with Crippen LogP contribution in [-0.4, -0.2) is 33.9 Å². The quantitative estimate of drug-likeness (QED) is 0.630. The van der Waals surface area contributed by atoms with E-state index in [2.05, 4.69) is 10.3 Å². The van der Waals surface area contributed by atoms with Crippen LogP contribution in [-0.2, 0) is 9.59 Å². The van der Waals surface area contributed by atoms with Crippen molar-refractivity contribution in [2.24, 2.45) is 5.73 Å². The summed E-state index contributed by atoms with van der Waals surface area (Å²) in [5.74, 6) is -2.44. The minimum Gasteiger partial charge on any atom is -0.480 e. The summed E-state index contributed by atoms with van der Waals surface area (Å²) in [7, 11) is 0. The number of aliphatic carboxylic acids is 1. The molecule has 0 bridgehead atoms. The molecule has 0 aliphatic heterocycles. The second kappa shape index (κ2) is 6.33. The molecule has 0 saturated heterocycles. The summed E-state index contributed by atoms with van der Waals surface area (Å²) in [6.07, 6.45) is 1.26. The minimum absolute atomic E-state index is 0.0523. The summed E-state index contributed by atoms with van der Waals surface area (Å²) in [6, 6.07) is 3.55. The van der Waals surface area contributed by atoms with Gasteiger partial charge in [0.15, 0.2) is 0 Å². The molecule has 4 N–H and O–H groups in total. The highest BCUT2D eigenvalue weighted by molar-refractivity contribution is 5.95. The van der Waals surface area contributed by atoms with Crippen LogP contribution in [0.15, 0.2) is 24.4 Å². The van der Waals surface area contributed by atoms with Crippen molar-refractivity contribution < 1.29 is 19.5 Å². The number of hydrogen-bond acceptors (Lipinski definition) is 4. The van der Waals surface area contributed by atoms with Gasteiger partial charge in [0.2, 0.25) is 5.91 Å². The summed E-state index contributed by atoms with van der Waals surface area (Å²) in [5.41, 5.74) is 5.04. The van der Waals surface area contributed by atoms with Crippen LogP contribution >= 0.6 is 0 Å². The van der Waals surface area contributed by atoms with Crippen molar-refractivity contribution in [1.29, 1.82) is 0 Å². The van der Waals surface area contributed by atoms with Gasteiger partial charge in [0.1, 0.15) is 11.7 Å². The van der Waals surface area contributed by atoms with Gasteiger partial charge in [0, 0.05) is 12.6 Å². The highest BCUT2D eigenvalue weighted by Gasteiger charge is 2.21. The van der Waals surface area contributed by atoms with E-state index >= 15 is 0 Å². The molecule has 0 saturated carbocycles. The molecule has 1 aromatic rings. The van der Waals surface area contributed by atoms with E-state index in [0.717, 1.165) is 0 Å². The summed E-state index contributed by atoms with van der Waals surface area (Å²) in [4.78, 5) is 36.9. The first kappa shape index (κ1) is 13.6. The molecule has 1 aromatic heterocycles. The Labute approximate surface area is 103 Å². The molecule has 7 heteroatoms. The molecule has 2 amide bonds. The summed E-state index contributed by atoms with van der Waals surface area (Å²) < 4.78 is 0. The first-order valence-electron chi connectivity index (χ1n) is 5.23. The first-order valence-corrected chi connectivity index (χ1v) is 5.23. The molecular formula is C11H13N3O4. The van der Waals surface area contributed by atoms with Crippen LogP contribution in [0, 0.1) is 0 Å². The maximum atomic E-state index is 11.7. The number of carboxylic acid groups (broad SMARTS) is 1. The summed E-state index contributed by atoms with van der Waals surface area (Å²) in [6.45, 7) is 0. The Hall–Kier alpha value is -2.44. The number of rotatable bonds is 6. The predicted molar refractivity (Wildman–Crippen MR) is 61.6 cm³/mol. The fourth-order valence-electron chi connectivity index (χ4n) is 1.27. The van der Waals surface area contributed by atoms with Gasteiger partial charge in [0.25, 0.3) is 5.91 Å². The topological polar surface area (TPSA) is 122 Å². The second-order valence-corrected chi connectivity index (χ2v) is 3.58. The highest BCUT2D eigenvalue weighted by atomic mass is 16.4. The van der Waals surface area contributed by atoms with Crippen molar-refractivity contribution >= 4 is 17.8 Å². The zero-order valence-corrected chi connectivity index (χ0v) is 9.50. The molecule has 0 aromatic carbocycles. The van der Waals surface area contributed by atoms with E-state index in [1.807, 2.05) is 0 Å². The number of carboxylic acids is 1. The van der Waals surface area contributed by atoms with Crippen LogP contribution in [0.4, 0.5) is 0 Å². The van der Waals surface area contributed by atoms with E-state index in [9.17, 15) is 14.4 Å². The molecule has 1 atom stereocenters. The average Bonchev–Trinajstić information content (AvgIpc) is 2.34. The molecule has 0 aliphatic carbocycles. The van der Waals surface area contributed by atoms with Crippen LogP contribution in [0.1, 0.15) is 23.3 Å². The number of carbonyl (C=O) groups is 3. The fraction of sp³-hybridized carbons (Fsp3) is 0.273. The Kier molecular flexibility index (Phi) is 4.79. The standard InChI is InChI=1S/C11H13N3O4/c12-9(15)5-4-8(11(17)18)14-10(16)7-3-1-2-6-13-7/h1-3,6,8H,4-5H2,(H2,12,15)(H,14,16)(H,17,18)/t8-/m0/s1. The van der Waals surface area contributed by atoms with Gasteiger partial charge < -0.3 is 16.2 Å². The monoisotopic (exact) mass is 251 g/mol. The number of nitrogens with one attached hydrogen (secondary N) is 1. The first-order chi connectivity index (χ1) is 8.50. The van der Waals surface area contributed by atoms with Crippen molar-refractivity contribution in [3.63, 3.8) is 0 Å². The average molecular weight is 251 g/mol. The number of nitrogens with zero attached hydrogens (tertiary/aromatic N) is 1. The van der Waals surface area contributed by atoms with Crippen molar-refractivity contribution in [2.45, 2.75) is 18.9 Å².